The van der Waals surface area contributed by atoms with Crippen molar-refractivity contribution < 1.29 is 0 Å². The SMILES string of the molecule is Cc1cc(N(c2csc3cc(N(c4ccc(C(C)(C)C)cc4)c4ccc(C(C)(C)C)cc4)ccc23)c2cccc3c2sc2ccccc23)cc(N2c3ccc(C(C)(C)C)cc3C3(C)CCCCC23C)c1.Cc1cc2c3c(c1)N1c4c(cc(C(C)(C)C)cc4C4(C)CCCCC14C)B3c1sc3cc(N(c4ccc(C(C)(C)C)cc4)c4ccc(C(C)(C)C)cc4)ccc3c1N2c1cccc2c1sc1ccccc12. The number of hydrogen-bond acceptors (Lipinski definition) is 10. The van der Waals surface area contributed by atoms with Crippen LogP contribution in [0, 0.1) is 13.8 Å². The van der Waals surface area contributed by atoms with E-state index in [1.807, 2.05) is 45.3 Å². The van der Waals surface area contributed by atoms with Gasteiger partial charge in [-0.25, -0.2) is 0 Å². The molecule has 2 aliphatic carbocycles. The Labute approximate surface area is 853 Å². The second-order valence-electron chi connectivity index (χ2n) is 49.0. The van der Waals surface area contributed by atoms with E-state index in [0.717, 1.165) is 34.9 Å². The van der Waals surface area contributed by atoms with E-state index in [2.05, 4.69) is 480 Å². The fourth-order valence-electron chi connectivity index (χ4n) is 25.3. The summed E-state index contributed by atoms with van der Waals surface area (Å²) in [6, 6.07) is 109. The topological polar surface area (TPSA) is 19.4 Å². The molecule has 141 heavy (non-hydrogen) atoms. The lowest BCUT2D eigenvalue weighted by molar-refractivity contribution is 0.195. The minimum absolute atomic E-state index is 0.00813. The van der Waals surface area contributed by atoms with Gasteiger partial charge in [-0.2, -0.15) is 0 Å². The van der Waals surface area contributed by atoms with Gasteiger partial charge < -0.3 is 29.4 Å². The fourth-order valence-corrected chi connectivity index (χ4v) is 30.0. The third-order valence-electron chi connectivity index (χ3n) is 33.7. The van der Waals surface area contributed by atoms with Crippen molar-refractivity contribution in [3.8, 4) is 0 Å². The van der Waals surface area contributed by atoms with E-state index in [1.165, 1.54) is 234 Å². The van der Waals surface area contributed by atoms with Gasteiger partial charge in [0.05, 0.1) is 43.2 Å². The Morgan fingerprint density at radius 3 is 1.29 bits per heavy atom. The maximum absolute atomic E-state index is 2.90. The summed E-state index contributed by atoms with van der Waals surface area (Å²) in [4.78, 5) is 15.9. The zero-order valence-electron chi connectivity index (χ0n) is 87.2. The van der Waals surface area contributed by atoms with Crippen LogP contribution in [-0.4, -0.2) is 17.8 Å². The Morgan fingerprint density at radius 2 is 0.745 bits per heavy atom. The molecule has 0 saturated heterocycles. The average molecular weight is 1920 g/mol. The highest BCUT2D eigenvalue weighted by Crippen LogP contribution is 2.66. The van der Waals surface area contributed by atoms with Crippen LogP contribution in [0.25, 0.3) is 60.5 Å². The zero-order valence-corrected chi connectivity index (χ0v) is 90.5. The van der Waals surface area contributed by atoms with Gasteiger partial charge in [0, 0.05) is 140 Å². The van der Waals surface area contributed by atoms with E-state index >= 15 is 0 Å². The largest absolute Gasteiger partial charge is 0.335 e. The molecular formula is C130H135BN6S4. The molecule has 24 rings (SSSR count). The van der Waals surface area contributed by atoms with Gasteiger partial charge in [0.1, 0.15) is 0 Å². The van der Waals surface area contributed by atoms with Gasteiger partial charge in [-0.15, -0.1) is 45.3 Å². The zero-order chi connectivity index (χ0) is 98.4. The van der Waals surface area contributed by atoms with Crippen LogP contribution in [0.1, 0.15) is 259 Å². The molecule has 18 aromatic rings. The van der Waals surface area contributed by atoms with Crippen LogP contribution in [0.4, 0.5) is 91.0 Å². The molecule has 4 aliphatic heterocycles. The Balaban J connectivity index is 0.000000157. The van der Waals surface area contributed by atoms with Crippen LogP contribution >= 0.6 is 45.3 Å². The maximum atomic E-state index is 2.90. The van der Waals surface area contributed by atoms with Crippen molar-refractivity contribution in [2.75, 3.05) is 29.4 Å². The Kier molecular flexibility index (Phi) is 21.7. The van der Waals surface area contributed by atoms with Gasteiger partial charge in [-0.3, -0.25) is 0 Å². The summed E-state index contributed by atoms with van der Waals surface area (Å²) in [6.45, 7) is 56.9. The quantitative estimate of drug-likeness (QED) is 0.119. The van der Waals surface area contributed by atoms with E-state index in [9.17, 15) is 0 Å². The molecule has 4 unspecified atom stereocenters. The van der Waals surface area contributed by atoms with Crippen LogP contribution in [0.3, 0.4) is 0 Å². The molecule has 0 spiro atoms. The van der Waals surface area contributed by atoms with Gasteiger partial charge in [-0.05, 0) is 298 Å². The first-order chi connectivity index (χ1) is 67.0. The summed E-state index contributed by atoms with van der Waals surface area (Å²) in [5.74, 6) is 0. The minimum atomic E-state index is -0.0665. The van der Waals surface area contributed by atoms with Gasteiger partial charge in [-0.1, -0.05) is 298 Å². The summed E-state index contributed by atoms with van der Waals surface area (Å²) >= 11 is 7.72. The van der Waals surface area contributed by atoms with Crippen LogP contribution in [0.5, 0.6) is 0 Å². The monoisotopic (exact) mass is 1920 g/mol. The lowest BCUT2D eigenvalue weighted by atomic mass is 9.36. The molecule has 2 saturated carbocycles. The molecule has 4 atom stereocenters. The van der Waals surface area contributed by atoms with Crippen molar-refractivity contribution >= 4 is 219 Å². The number of anilines is 16. The molecule has 712 valence electrons. The summed E-state index contributed by atoms with van der Waals surface area (Å²) in [6.07, 6.45) is 9.80. The normalized spacial score (nSPS) is 18.9. The highest BCUT2D eigenvalue weighted by Gasteiger charge is 2.63. The number of nitrogens with zero attached hydrogens (tertiary/aromatic N) is 6. The van der Waals surface area contributed by atoms with Crippen molar-refractivity contribution in [3.05, 3.63) is 340 Å². The van der Waals surface area contributed by atoms with Gasteiger partial charge in [0.25, 0.3) is 6.71 Å². The van der Waals surface area contributed by atoms with Crippen LogP contribution in [-0.2, 0) is 43.3 Å². The first kappa shape index (κ1) is 93.0. The van der Waals surface area contributed by atoms with E-state index < -0.39 is 0 Å². The first-order valence-electron chi connectivity index (χ1n) is 51.7. The lowest BCUT2D eigenvalue weighted by Crippen LogP contribution is -2.64. The second kappa shape index (κ2) is 32.9. The van der Waals surface area contributed by atoms with E-state index in [0.29, 0.717) is 0 Å². The number of benzene rings is 14. The highest BCUT2D eigenvalue weighted by molar-refractivity contribution is 7.34. The van der Waals surface area contributed by atoms with Crippen molar-refractivity contribution in [1.82, 2.24) is 0 Å². The average Bonchev–Trinajstić information content (AvgIpc) is 1.49. The number of hydrogen-bond donors (Lipinski definition) is 0. The van der Waals surface area contributed by atoms with E-state index in [4.69, 9.17) is 0 Å². The predicted molar refractivity (Wildman–Crippen MR) is 620 cm³/mol. The second-order valence-corrected chi connectivity index (χ2v) is 53.1. The Bertz CT molecular complexity index is 7950. The van der Waals surface area contributed by atoms with E-state index in [1.54, 1.807) is 5.56 Å². The molecule has 14 aromatic carbocycles. The minimum Gasteiger partial charge on any atom is -0.335 e. The summed E-state index contributed by atoms with van der Waals surface area (Å²) < 4.78 is 9.31. The summed E-state index contributed by atoms with van der Waals surface area (Å²) in [7, 11) is 0. The highest BCUT2D eigenvalue weighted by atomic mass is 32.1. The molecular weight excluding hydrogens is 1780 g/mol. The van der Waals surface area contributed by atoms with Crippen LogP contribution < -0.4 is 45.1 Å². The number of fused-ring (bicyclic) bond motifs is 19. The van der Waals surface area contributed by atoms with Crippen molar-refractivity contribution in [3.63, 3.8) is 0 Å². The van der Waals surface area contributed by atoms with Gasteiger partial charge in [0.15, 0.2) is 0 Å². The molecule has 2 fully saturated rings. The number of rotatable bonds is 11. The van der Waals surface area contributed by atoms with Gasteiger partial charge >= 0.3 is 0 Å². The first-order valence-corrected chi connectivity index (χ1v) is 55.0. The molecule has 6 nitrogen and oxygen atoms in total. The van der Waals surface area contributed by atoms with E-state index in [-0.39, 0.29) is 61.1 Å². The predicted octanol–water partition coefficient (Wildman–Crippen LogP) is 37.4. The third-order valence-corrected chi connectivity index (χ3v) is 38.2. The number of aryl methyl sites for hydroxylation is 2. The third kappa shape index (κ3) is 14.9. The van der Waals surface area contributed by atoms with Gasteiger partial charge in [0.2, 0.25) is 0 Å². The molecule has 4 aromatic heterocycles. The maximum Gasteiger partial charge on any atom is 0.264 e. The van der Waals surface area contributed by atoms with Crippen LogP contribution in [0.2, 0.25) is 0 Å². The molecule has 6 aliphatic rings. The van der Waals surface area contributed by atoms with Crippen molar-refractivity contribution in [1.29, 1.82) is 0 Å². The molecule has 0 amide bonds. The smallest absolute Gasteiger partial charge is 0.264 e. The fraction of sp³-hybridized carbons (Fsp3) is 0.323. The molecule has 11 heteroatoms. The Morgan fingerprint density at radius 1 is 0.298 bits per heavy atom. The molecule has 0 radical (unpaired) electrons. The number of thiophene rings is 4. The van der Waals surface area contributed by atoms with Crippen molar-refractivity contribution in [2.45, 2.75) is 272 Å². The summed E-state index contributed by atoms with van der Waals surface area (Å²) in [5, 5.41) is 10.2. The Hall–Kier alpha value is -11.7. The standard InChI is InChI=1S/C65H66BN3S2.C65H69N3S2/c1-39-34-52-56-53(35-39)69-58-49(64(11)32-15-16-33-65(64,69)12)36-42(63(8,9)10)37-50(58)66(56)60-57(68(52)51-20-17-19-47-46-18-13-14-21-54(46)70-59(47)51)48-31-30-45(38-55(48)71-60)67(43-26-22-40(23-27-43)61(2,3)4)44-28-24-41(25-29-44)62(5,6)7;1-42-36-49(39-50(37-42)68-55-33-26-45(63(8,9)10)38-54(55)64(11)34-15-16-35-65(64,68)12)67(56-20-17-19-52-51-18-13-14-21-58(51)70-60(52)56)57-41-69-59-40-48(31-32-53(57)59)66(46-27-22-43(23-28-46)61(2,3)4)47-29-24-44(25-30-47)62(5,6)7/h13-14,17-31,34-38H,15-16,32-33H2,1-12H3;13-14,17-33,36-41H,15-16,34-35H2,1-12H3. The molecule has 0 N–H and O–H groups in total. The summed E-state index contributed by atoms with van der Waals surface area (Å²) in [5.41, 5.74) is 37.1. The lowest BCUT2D eigenvalue weighted by Gasteiger charge is -2.52. The molecule has 0 bridgehead atoms. The molecule has 8 heterocycles. The van der Waals surface area contributed by atoms with Crippen LogP contribution in [0.15, 0.2) is 284 Å². The van der Waals surface area contributed by atoms with Crippen molar-refractivity contribution in [2.24, 2.45) is 0 Å².